The third-order valence-corrected chi connectivity index (χ3v) is 6.44. The van der Waals surface area contributed by atoms with Crippen LogP contribution in [0.15, 0.2) is 65.0 Å². The number of urea groups is 1. The second-order valence-electron chi connectivity index (χ2n) is 7.93. The number of esters is 1. The van der Waals surface area contributed by atoms with Gasteiger partial charge in [0.15, 0.2) is 11.0 Å². The lowest BCUT2D eigenvalue weighted by Gasteiger charge is -2.26. The molecule has 0 unspecified atom stereocenters. The van der Waals surface area contributed by atoms with Crippen molar-refractivity contribution >= 4 is 23.8 Å². The molecule has 1 aliphatic heterocycles. The number of nitrogens with one attached hydrogen (secondary N) is 2. The first-order chi connectivity index (χ1) is 16.9. The number of methoxy groups -OCH3 is 1. The Morgan fingerprint density at radius 2 is 1.83 bits per heavy atom. The van der Waals surface area contributed by atoms with E-state index in [9.17, 15) is 9.59 Å². The smallest absolute Gasteiger partial charge is 0.337 e. The molecule has 182 valence electrons. The van der Waals surface area contributed by atoms with E-state index in [0.717, 1.165) is 22.6 Å². The monoisotopic (exact) mass is 493 g/mol. The molecule has 35 heavy (non-hydrogen) atoms. The number of rotatable bonds is 8. The van der Waals surface area contributed by atoms with Crippen LogP contribution in [0.5, 0.6) is 5.75 Å². The predicted molar refractivity (Wildman–Crippen MR) is 134 cm³/mol. The van der Waals surface area contributed by atoms with Crippen molar-refractivity contribution in [1.82, 2.24) is 25.4 Å². The number of benzene rings is 2. The summed E-state index contributed by atoms with van der Waals surface area (Å²) < 4.78 is 12.5. The van der Waals surface area contributed by atoms with Crippen LogP contribution in [-0.4, -0.2) is 52.3 Å². The highest BCUT2D eigenvalue weighted by Crippen LogP contribution is 2.30. The lowest BCUT2D eigenvalue weighted by molar-refractivity contribution is -0.138. The normalized spacial score (nSPS) is 15.4. The minimum atomic E-state index is -0.469. The average molecular weight is 494 g/mol. The van der Waals surface area contributed by atoms with E-state index >= 15 is 0 Å². The number of amides is 2. The zero-order valence-electron chi connectivity index (χ0n) is 20.0. The van der Waals surface area contributed by atoms with Crippen molar-refractivity contribution in [3.8, 4) is 22.8 Å². The van der Waals surface area contributed by atoms with Crippen LogP contribution in [0.1, 0.15) is 19.4 Å². The maximum absolute atomic E-state index is 12.6. The second kappa shape index (κ2) is 10.6. The number of hydrogen-bond donors (Lipinski definition) is 2. The van der Waals surface area contributed by atoms with Gasteiger partial charge in [0.25, 0.3) is 0 Å². The molecule has 2 amide bonds. The van der Waals surface area contributed by atoms with Gasteiger partial charge in [-0.2, -0.15) is 0 Å². The zero-order chi connectivity index (χ0) is 24.9. The number of hydrogen-bond acceptors (Lipinski definition) is 7. The van der Waals surface area contributed by atoms with Crippen LogP contribution >= 0.6 is 11.8 Å². The minimum absolute atomic E-state index is 0.246. The fraction of sp³-hybridized carbons (Fsp3) is 0.280. The van der Waals surface area contributed by atoms with Crippen molar-refractivity contribution < 1.29 is 19.1 Å². The quantitative estimate of drug-likeness (QED) is 0.362. The number of carbonyl (C=O) groups is 2. The molecule has 9 nitrogen and oxygen atoms in total. The molecule has 0 fully saturated rings. The Morgan fingerprint density at radius 1 is 1.11 bits per heavy atom. The molecule has 1 aromatic heterocycles. The third kappa shape index (κ3) is 5.32. The Morgan fingerprint density at radius 3 is 2.49 bits per heavy atom. The van der Waals surface area contributed by atoms with Gasteiger partial charge in [0.05, 0.1) is 25.3 Å². The van der Waals surface area contributed by atoms with Crippen LogP contribution in [-0.2, 0) is 9.53 Å². The Kier molecular flexibility index (Phi) is 7.40. The van der Waals surface area contributed by atoms with Gasteiger partial charge in [-0.1, -0.05) is 29.5 Å². The summed E-state index contributed by atoms with van der Waals surface area (Å²) in [6.07, 6.45) is 0. The van der Waals surface area contributed by atoms with Gasteiger partial charge in [-0.3, -0.25) is 4.57 Å². The average Bonchev–Trinajstić information content (AvgIpc) is 3.27. The van der Waals surface area contributed by atoms with E-state index in [2.05, 4.69) is 20.8 Å². The van der Waals surface area contributed by atoms with Crippen LogP contribution in [0.2, 0.25) is 0 Å². The van der Waals surface area contributed by atoms with Crippen molar-refractivity contribution in [2.24, 2.45) is 0 Å². The highest BCUT2D eigenvalue weighted by Gasteiger charge is 2.30. The fourth-order valence-corrected chi connectivity index (χ4v) is 4.67. The molecule has 3 aromatic rings. The number of ether oxygens (including phenoxy) is 2. The highest BCUT2D eigenvalue weighted by atomic mass is 32.2. The summed E-state index contributed by atoms with van der Waals surface area (Å²) in [6, 6.07) is 14.8. The molecule has 0 aliphatic carbocycles. The van der Waals surface area contributed by atoms with Crippen molar-refractivity contribution in [3.63, 3.8) is 0 Å². The van der Waals surface area contributed by atoms with Crippen LogP contribution in [0.3, 0.4) is 0 Å². The van der Waals surface area contributed by atoms with E-state index in [1.54, 1.807) is 21.0 Å². The molecular weight excluding hydrogens is 466 g/mol. The number of nitrogens with zero attached hydrogens (tertiary/aromatic N) is 3. The molecular formula is C25H27N5O4S. The summed E-state index contributed by atoms with van der Waals surface area (Å²) in [6.45, 7) is 5.78. The molecule has 4 rings (SSSR count). The molecule has 10 heteroatoms. The van der Waals surface area contributed by atoms with E-state index in [0.29, 0.717) is 28.0 Å². The fourth-order valence-electron chi connectivity index (χ4n) is 3.75. The van der Waals surface area contributed by atoms with E-state index in [1.807, 2.05) is 60.0 Å². The number of thioether (sulfide) groups is 1. The molecule has 2 heterocycles. The second-order valence-corrected chi connectivity index (χ2v) is 8.87. The molecule has 0 saturated heterocycles. The maximum Gasteiger partial charge on any atom is 0.337 e. The van der Waals surface area contributed by atoms with E-state index in [4.69, 9.17) is 9.47 Å². The molecule has 2 N–H and O–H groups in total. The number of aryl methyl sites for hydroxylation is 1. The standard InChI is InChI=1S/C25H27N5O4S/c1-5-34-23(31)21-16(3)26-24(32)27-20(21)14-35-25-29-28-22(17-8-12-19(33-4)13-9-17)30(25)18-10-6-15(2)7-11-18/h6-13,16H,5,14H2,1-4H3,(H2,26,27,32)/t16-/m1/s1. The van der Waals surface area contributed by atoms with Gasteiger partial charge < -0.3 is 20.1 Å². The molecule has 0 saturated carbocycles. The first-order valence-electron chi connectivity index (χ1n) is 11.2. The zero-order valence-corrected chi connectivity index (χ0v) is 20.8. The number of aromatic nitrogens is 3. The van der Waals surface area contributed by atoms with Gasteiger partial charge in [0, 0.05) is 22.7 Å². The molecule has 1 atom stereocenters. The van der Waals surface area contributed by atoms with Gasteiger partial charge in [-0.05, 0) is 57.2 Å². The largest absolute Gasteiger partial charge is 0.497 e. The molecule has 2 aromatic carbocycles. The van der Waals surface area contributed by atoms with E-state index in [1.165, 1.54) is 11.8 Å². The van der Waals surface area contributed by atoms with Crippen LogP contribution in [0.25, 0.3) is 17.1 Å². The summed E-state index contributed by atoms with van der Waals surface area (Å²) >= 11 is 1.38. The topological polar surface area (TPSA) is 107 Å². The van der Waals surface area contributed by atoms with Crippen molar-refractivity contribution in [2.45, 2.75) is 32.0 Å². The number of carbonyl (C=O) groups excluding carboxylic acids is 2. The van der Waals surface area contributed by atoms with Gasteiger partial charge in [-0.25, -0.2) is 9.59 Å². The highest BCUT2D eigenvalue weighted by molar-refractivity contribution is 7.99. The van der Waals surface area contributed by atoms with Crippen LogP contribution < -0.4 is 15.4 Å². The van der Waals surface area contributed by atoms with Gasteiger partial charge in [0.1, 0.15) is 5.75 Å². The SMILES string of the molecule is CCOC(=O)C1=C(CSc2nnc(-c3ccc(OC)cc3)n2-c2ccc(C)cc2)NC(=O)N[C@@H]1C. The Hall–Kier alpha value is -3.79. The van der Waals surface area contributed by atoms with Gasteiger partial charge in [0.2, 0.25) is 0 Å². The van der Waals surface area contributed by atoms with Gasteiger partial charge >= 0.3 is 12.0 Å². The molecule has 0 bridgehead atoms. The Labute approximate surface area is 207 Å². The Balaban J connectivity index is 1.72. The van der Waals surface area contributed by atoms with Gasteiger partial charge in [-0.15, -0.1) is 10.2 Å². The minimum Gasteiger partial charge on any atom is -0.497 e. The van der Waals surface area contributed by atoms with Crippen molar-refractivity contribution in [3.05, 3.63) is 65.4 Å². The Bertz CT molecular complexity index is 1250. The summed E-state index contributed by atoms with van der Waals surface area (Å²) in [7, 11) is 1.62. The van der Waals surface area contributed by atoms with Crippen LogP contribution in [0.4, 0.5) is 4.79 Å². The summed E-state index contributed by atoms with van der Waals surface area (Å²) in [5.41, 5.74) is 3.81. The lowest BCUT2D eigenvalue weighted by Crippen LogP contribution is -2.49. The van der Waals surface area contributed by atoms with E-state index < -0.39 is 12.0 Å². The molecule has 1 aliphatic rings. The molecule has 0 spiro atoms. The third-order valence-electron chi connectivity index (χ3n) is 5.48. The first kappa shape index (κ1) is 24.3. The van der Waals surface area contributed by atoms with E-state index in [-0.39, 0.29) is 12.6 Å². The van der Waals surface area contributed by atoms with Crippen molar-refractivity contribution in [2.75, 3.05) is 19.5 Å². The maximum atomic E-state index is 12.6. The summed E-state index contributed by atoms with van der Waals surface area (Å²) in [5, 5.41) is 15.0. The molecule has 0 radical (unpaired) electrons. The summed E-state index contributed by atoms with van der Waals surface area (Å²) in [5.74, 6) is 1.26. The first-order valence-corrected chi connectivity index (χ1v) is 12.2. The summed E-state index contributed by atoms with van der Waals surface area (Å²) in [4.78, 5) is 24.7. The predicted octanol–water partition coefficient (Wildman–Crippen LogP) is 3.86. The lowest BCUT2D eigenvalue weighted by atomic mass is 10.1. The van der Waals surface area contributed by atoms with Crippen LogP contribution in [0, 0.1) is 6.92 Å². The van der Waals surface area contributed by atoms with Crippen molar-refractivity contribution in [1.29, 1.82) is 0 Å².